The van der Waals surface area contributed by atoms with Crippen LogP contribution in [0.4, 0.5) is 0 Å². The highest BCUT2D eigenvalue weighted by molar-refractivity contribution is 4.69. The molecule has 0 aromatic carbocycles. The van der Waals surface area contributed by atoms with E-state index in [1.165, 1.54) is 25.9 Å². The smallest absolute Gasteiger partial charge is 0.0506 e. The van der Waals surface area contributed by atoms with Crippen LogP contribution in [0.15, 0.2) is 0 Å². The van der Waals surface area contributed by atoms with Crippen molar-refractivity contribution in [3.63, 3.8) is 0 Å². The van der Waals surface area contributed by atoms with E-state index in [-0.39, 0.29) is 0 Å². The maximum absolute atomic E-state index is 5.39. The van der Waals surface area contributed by atoms with E-state index >= 15 is 0 Å². The van der Waals surface area contributed by atoms with E-state index in [9.17, 15) is 0 Å². The molecule has 80 valence electrons. The van der Waals surface area contributed by atoms with Crippen molar-refractivity contribution in [1.29, 1.82) is 0 Å². The fourth-order valence-corrected chi connectivity index (χ4v) is 1.69. The molecular weight excluding hydrogens is 162 g/mol. The average Bonchev–Trinajstić information content (AvgIpc) is 2.18. The van der Waals surface area contributed by atoms with Gasteiger partial charge in [-0.15, -0.1) is 0 Å². The lowest BCUT2D eigenvalue weighted by molar-refractivity contribution is 0.0749. The Labute approximate surface area is 83.3 Å². The van der Waals surface area contributed by atoms with Crippen LogP contribution < -0.4 is 0 Å². The molecule has 0 N–H and O–H groups in total. The summed E-state index contributed by atoms with van der Waals surface area (Å²) in [6, 6.07) is 0. The van der Waals surface area contributed by atoms with Gasteiger partial charge in [0.1, 0.15) is 0 Å². The minimum absolute atomic E-state index is 0.786. The second-order valence-corrected chi connectivity index (χ2v) is 3.43. The Morgan fingerprint density at radius 1 is 1.38 bits per heavy atom. The first-order valence-electron chi connectivity index (χ1n) is 5.59. The lowest BCUT2D eigenvalue weighted by Gasteiger charge is -2.29. The number of likely N-dealkylation sites (tertiary alicyclic amines) is 1. The molecule has 1 aliphatic rings. The summed E-state index contributed by atoms with van der Waals surface area (Å²) in [6.07, 6.45) is 2.69. The first-order valence-corrected chi connectivity index (χ1v) is 5.59. The summed E-state index contributed by atoms with van der Waals surface area (Å²) in [7, 11) is 2.19. The van der Waals surface area contributed by atoms with E-state index in [0.29, 0.717) is 0 Å². The Kier molecular flexibility index (Phi) is 8.46. The molecule has 1 atom stereocenters. The molecule has 13 heavy (non-hydrogen) atoms. The van der Waals surface area contributed by atoms with Crippen molar-refractivity contribution in [3.8, 4) is 0 Å². The van der Waals surface area contributed by atoms with Crippen LogP contribution in [0.1, 0.15) is 33.6 Å². The molecular formula is C11H25NO. The Hall–Kier alpha value is -0.0800. The highest BCUT2D eigenvalue weighted by Gasteiger charge is 2.16. The summed E-state index contributed by atoms with van der Waals surface area (Å²) in [6.45, 7) is 10.4. The predicted octanol–water partition coefficient (Wildman–Crippen LogP) is 2.39. The van der Waals surface area contributed by atoms with Gasteiger partial charge in [0.2, 0.25) is 0 Å². The number of ether oxygens (including phenoxy) is 1. The van der Waals surface area contributed by atoms with Crippen molar-refractivity contribution in [3.05, 3.63) is 0 Å². The van der Waals surface area contributed by atoms with Gasteiger partial charge in [-0.1, -0.05) is 13.8 Å². The summed E-state index contributed by atoms with van der Waals surface area (Å²) in [5, 5.41) is 0. The van der Waals surface area contributed by atoms with Crippen molar-refractivity contribution in [2.24, 2.45) is 5.92 Å². The number of hydrogen-bond acceptors (Lipinski definition) is 2. The summed E-state index contributed by atoms with van der Waals surface area (Å²) in [4.78, 5) is 2.40. The molecule has 2 heteroatoms. The summed E-state index contributed by atoms with van der Waals surface area (Å²) in [5.41, 5.74) is 0. The Morgan fingerprint density at radius 3 is 2.62 bits per heavy atom. The fraction of sp³-hybridized carbons (Fsp3) is 1.00. The second-order valence-electron chi connectivity index (χ2n) is 3.43. The zero-order valence-electron chi connectivity index (χ0n) is 9.68. The van der Waals surface area contributed by atoms with E-state index in [1.54, 1.807) is 0 Å². The van der Waals surface area contributed by atoms with E-state index in [1.807, 2.05) is 13.8 Å². The van der Waals surface area contributed by atoms with Crippen LogP contribution in [0.25, 0.3) is 0 Å². The first kappa shape index (κ1) is 12.9. The quantitative estimate of drug-likeness (QED) is 0.672. The maximum Gasteiger partial charge on any atom is 0.0506 e. The molecule has 0 saturated carbocycles. The molecule has 0 aliphatic carbocycles. The normalized spacial score (nSPS) is 23.5. The first-order chi connectivity index (χ1) is 6.33. The molecule has 0 bridgehead atoms. The molecule has 2 nitrogen and oxygen atoms in total. The third-order valence-corrected chi connectivity index (χ3v) is 2.28. The molecule has 0 aromatic rings. The van der Waals surface area contributed by atoms with E-state index < -0.39 is 0 Å². The molecule has 1 unspecified atom stereocenters. The number of piperidine rings is 1. The van der Waals surface area contributed by atoms with E-state index in [2.05, 4.69) is 18.9 Å². The zero-order valence-corrected chi connectivity index (χ0v) is 9.68. The molecule has 1 heterocycles. The van der Waals surface area contributed by atoms with Gasteiger partial charge >= 0.3 is 0 Å². The predicted molar refractivity (Wildman–Crippen MR) is 58.1 cm³/mol. The highest BCUT2D eigenvalue weighted by Crippen LogP contribution is 2.14. The summed E-state index contributed by atoms with van der Waals surface area (Å²) >= 11 is 0. The van der Waals surface area contributed by atoms with Crippen LogP contribution in [-0.2, 0) is 4.74 Å². The maximum atomic E-state index is 5.39. The SMILES string of the molecule is CC.CCOCC1CCCN(C)C1. The minimum atomic E-state index is 0.786. The Balaban J connectivity index is 0.000000671. The second kappa shape index (κ2) is 8.52. The van der Waals surface area contributed by atoms with Gasteiger partial charge in [-0.2, -0.15) is 0 Å². The van der Waals surface area contributed by atoms with E-state index in [4.69, 9.17) is 4.74 Å². The summed E-state index contributed by atoms with van der Waals surface area (Å²) < 4.78 is 5.39. The lowest BCUT2D eigenvalue weighted by atomic mass is 10.00. The van der Waals surface area contributed by atoms with Crippen LogP contribution in [-0.4, -0.2) is 38.3 Å². The largest absolute Gasteiger partial charge is 0.381 e. The third-order valence-electron chi connectivity index (χ3n) is 2.28. The van der Waals surface area contributed by atoms with Crippen molar-refractivity contribution < 1.29 is 4.74 Å². The minimum Gasteiger partial charge on any atom is -0.381 e. The van der Waals surface area contributed by atoms with Gasteiger partial charge in [0.05, 0.1) is 6.61 Å². The van der Waals surface area contributed by atoms with Crippen molar-refractivity contribution >= 4 is 0 Å². The molecule has 0 amide bonds. The third kappa shape index (κ3) is 6.05. The van der Waals surface area contributed by atoms with Gasteiger partial charge in [-0.25, -0.2) is 0 Å². The molecule has 1 fully saturated rings. The van der Waals surface area contributed by atoms with Crippen LogP contribution in [0, 0.1) is 5.92 Å². The topological polar surface area (TPSA) is 12.5 Å². The number of hydrogen-bond donors (Lipinski definition) is 0. The molecule has 0 spiro atoms. The molecule has 0 radical (unpaired) electrons. The van der Waals surface area contributed by atoms with Crippen molar-refractivity contribution in [1.82, 2.24) is 4.90 Å². The fourth-order valence-electron chi connectivity index (χ4n) is 1.69. The molecule has 1 rings (SSSR count). The molecule has 0 aromatic heterocycles. The van der Waals surface area contributed by atoms with Gasteiger partial charge in [-0.05, 0) is 39.3 Å². The van der Waals surface area contributed by atoms with Gasteiger partial charge < -0.3 is 9.64 Å². The lowest BCUT2D eigenvalue weighted by Crippen LogP contribution is -2.34. The monoisotopic (exact) mass is 187 g/mol. The van der Waals surface area contributed by atoms with Gasteiger partial charge in [-0.3, -0.25) is 0 Å². The zero-order chi connectivity index (χ0) is 10.1. The Bertz CT molecular complexity index is 106. The standard InChI is InChI=1S/C9H19NO.C2H6/c1-3-11-8-9-5-4-6-10(2)7-9;1-2/h9H,3-8H2,1-2H3;1-2H3. The van der Waals surface area contributed by atoms with Crippen molar-refractivity contribution in [2.75, 3.05) is 33.4 Å². The van der Waals surface area contributed by atoms with Gasteiger partial charge in [0.15, 0.2) is 0 Å². The van der Waals surface area contributed by atoms with Gasteiger partial charge in [0, 0.05) is 13.2 Å². The molecule has 1 aliphatic heterocycles. The molecule has 1 saturated heterocycles. The van der Waals surface area contributed by atoms with Crippen LogP contribution in [0.3, 0.4) is 0 Å². The van der Waals surface area contributed by atoms with E-state index in [0.717, 1.165) is 19.1 Å². The van der Waals surface area contributed by atoms with Crippen LogP contribution in [0.2, 0.25) is 0 Å². The number of nitrogens with zero attached hydrogens (tertiary/aromatic N) is 1. The van der Waals surface area contributed by atoms with Crippen molar-refractivity contribution in [2.45, 2.75) is 33.6 Å². The number of rotatable bonds is 3. The van der Waals surface area contributed by atoms with Crippen LogP contribution >= 0.6 is 0 Å². The Morgan fingerprint density at radius 2 is 2.08 bits per heavy atom. The van der Waals surface area contributed by atoms with Crippen LogP contribution in [0.5, 0.6) is 0 Å². The van der Waals surface area contributed by atoms with Gasteiger partial charge in [0.25, 0.3) is 0 Å². The summed E-state index contributed by atoms with van der Waals surface area (Å²) in [5.74, 6) is 0.786. The highest BCUT2D eigenvalue weighted by atomic mass is 16.5. The average molecular weight is 187 g/mol.